The number of carboxylic acids is 2. The first kappa shape index (κ1) is 29.6. The van der Waals surface area contributed by atoms with E-state index in [9.17, 15) is 19.8 Å². The number of aliphatic carboxylic acids is 2. The molecule has 0 rings (SSSR count). The number of carbonyl (C=O) groups excluding carboxylic acids is 2. The van der Waals surface area contributed by atoms with Gasteiger partial charge in [-0.05, 0) is 49.4 Å². The molecule has 25 heavy (non-hydrogen) atoms. The summed E-state index contributed by atoms with van der Waals surface area (Å²) in [5, 5.41) is 20.1. The number of carbonyl (C=O) groups is 2. The van der Waals surface area contributed by atoms with E-state index in [4.69, 9.17) is 0 Å². The molecule has 0 aromatic heterocycles. The van der Waals surface area contributed by atoms with E-state index in [1.807, 2.05) is 0 Å². The molecule has 3 radical (unpaired) electrons. The van der Waals surface area contributed by atoms with E-state index < -0.39 is 11.9 Å². The molecule has 0 atom stereocenters. The molecular weight excluding hydrogens is 513 g/mol. The van der Waals surface area contributed by atoms with E-state index in [0.717, 1.165) is 38.5 Å². The predicted octanol–water partition coefficient (Wildman–Crippen LogP) is 3.09. The van der Waals surface area contributed by atoms with Gasteiger partial charge in [0, 0.05) is 11.9 Å². The van der Waals surface area contributed by atoms with Gasteiger partial charge in [0.15, 0.2) is 0 Å². The van der Waals surface area contributed by atoms with E-state index in [-0.39, 0.29) is 39.0 Å². The van der Waals surface area contributed by atoms with E-state index >= 15 is 0 Å². The molecule has 0 aromatic carbocycles. The largest absolute Gasteiger partial charge is 2.00 e. The third-order valence-corrected chi connectivity index (χ3v) is 3.62. The van der Waals surface area contributed by atoms with Crippen molar-refractivity contribution in [2.45, 2.75) is 106 Å². The van der Waals surface area contributed by atoms with Gasteiger partial charge in [0.25, 0.3) is 0 Å². The van der Waals surface area contributed by atoms with Crippen LogP contribution in [0, 0.1) is 10.8 Å². The molecule has 147 valence electrons. The molecule has 0 aliphatic rings. The van der Waals surface area contributed by atoms with Crippen LogP contribution in [-0.4, -0.2) is 38.1 Å². The molecule has 4 nitrogen and oxygen atoms in total. The summed E-state index contributed by atoms with van der Waals surface area (Å²) in [6, 6.07) is 0. The summed E-state index contributed by atoms with van der Waals surface area (Å²) < 4.78 is 0. The first-order valence-corrected chi connectivity index (χ1v) is 9.23. The summed E-state index contributed by atoms with van der Waals surface area (Å²) in [5.74, 6) is -1.85. The Bertz CT molecular complexity index is 307. The number of unbranched alkanes of at least 4 members (excludes halogenated alkanes) is 4. The van der Waals surface area contributed by atoms with Crippen LogP contribution in [0.4, 0.5) is 0 Å². The van der Waals surface area contributed by atoms with Gasteiger partial charge in [-0.15, -0.1) is 0 Å². The number of carboxylic acid groups (broad SMARTS) is 2. The first-order chi connectivity index (χ1) is 10.8. The molecular formula is C20H38BiO4. The van der Waals surface area contributed by atoms with Gasteiger partial charge in [-0.25, -0.2) is 0 Å². The number of hydrogen-bond acceptors (Lipinski definition) is 4. The fourth-order valence-electron chi connectivity index (χ4n) is 2.20. The van der Waals surface area contributed by atoms with Crippen molar-refractivity contribution in [3.8, 4) is 0 Å². The van der Waals surface area contributed by atoms with Crippen LogP contribution < -0.4 is 10.2 Å². The monoisotopic (exact) mass is 551 g/mol. The van der Waals surface area contributed by atoms with Crippen LogP contribution >= 0.6 is 0 Å². The summed E-state index contributed by atoms with van der Waals surface area (Å²) in [5.41, 5.74) is 0.753. The molecule has 5 heteroatoms. The molecule has 0 bridgehead atoms. The third-order valence-electron chi connectivity index (χ3n) is 3.62. The van der Waals surface area contributed by atoms with Crippen LogP contribution in [0.1, 0.15) is 106 Å². The van der Waals surface area contributed by atoms with Gasteiger partial charge in [0.1, 0.15) is 0 Å². The SMILES string of the molecule is CC(C)(C)CCCCCC(=O)[O-].CC(C)(C)CCCCCC(=O)[O-].[Bi+2]. The second-order valence-electron chi connectivity index (χ2n) is 8.99. The number of hydrogen-bond donors (Lipinski definition) is 0. The zero-order valence-corrected chi connectivity index (χ0v) is 20.6. The Morgan fingerprint density at radius 2 is 0.880 bits per heavy atom. The van der Waals surface area contributed by atoms with Crippen molar-refractivity contribution in [3.05, 3.63) is 0 Å². The Morgan fingerprint density at radius 3 is 1.08 bits per heavy atom. The Hall–Kier alpha value is -0.177. The average Bonchev–Trinajstić information content (AvgIpc) is 2.35. The minimum Gasteiger partial charge on any atom is -0.550 e. The van der Waals surface area contributed by atoms with E-state index in [2.05, 4.69) is 41.5 Å². The molecule has 0 unspecified atom stereocenters. The summed E-state index contributed by atoms with van der Waals surface area (Å²) in [7, 11) is 0. The predicted molar refractivity (Wildman–Crippen MR) is 101 cm³/mol. The van der Waals surface area contributed by atoms with Gasteiger partial charge in [-0.2, -0.15) is 0 Å². The summed E-state index contributed by atoms with van der Waals surface area (Å²) in [4.78, 5) is 20.1. The van der Waals surface area contributed by atoms with Gasteiger partial charge in [-0.3, -0.25) is 0 Å². The van der Waals surface area contributed by atoms with Gasteiger partial charge >= 0.3 is 26.2 Å². The Balaban J connectivity index is -0.000000372. The van der Waals surface area contributed by atoms with Crippen molar-refractivity contribution in [3.63, 3.8) is 0 Å². The minimum absolute atomic E-state index is 0. The van der Waals surface area contributed by atoms with Crippen molar-refractivity contribution >= 4 is 38.1 Å². The Morgan fingerprint density at radius 1 is 0.600 bits per heavy atom. The summed E-state index contributed by atoms with van der Waals surface area (Å²) in [6.45, 7) is 13.2. The topological polar surface area (TPSA) is 80.3 Å². The fourth-order valence-corrected chi connectivity index (χ4v) is 2.20. The fraction of sp³-hybridized carbons (Fsp3) is 0.900. The normalized spacial score (nSPS) is 11.1. The quantitative estimate of drug-likeness (QED) is 0.309. The van der Waals surface area contributed by atoms with E-state index in [1.54, 1.807) is 0 Å². The Labute approximate surface area is 174 Å². The molecule has 0 saturated carbocycles. The smallest absolute Gasteiger partial charge is 0.550 e. The van der Waals surface area contributed by atoms with Gasteiger partial charge in [-0.1, -0.05) is 67.2 Å². The van der Waals surface area contributed by atoms with Crippen molar-refractivity contribution in [1.82, 2.24) is 0 Å². The maximum Gasteiger partial charge on any atom is 2.00 e. The van der Waals surface area contributed by atoms with Crippen LogP contribution in [-0.2, 0) is 9.59 Å². The molecule has 0 spiro atoms. The second-order valence-corrected chi connectivity index (χ2v) is 8.99. The molecule has 0 aromatic rings. The second kappa shape index (κ2) is 16.0. The molecule has 0 aliphatic carbocycles. The van der Waals surface area contributed by atoms with Gasteiger partial charge < -0.3 is 19.8 Å². The standard InChI is InChI=1S/2C10H20O2.Bi/c2*1-10(2,3)8-6-4-5-7-9(11)12;/h2*4-8H2,1-3H3,(H,11,12);/q;;+2/p-2. The molecule has 0 saturated heterocycles. The van der Waals surface area contributed by atoms with Crippen LogP contribution in [0.5, 0.6) is 0 Å². The van der Waals surface area contributed by atoms with Crippen LogP contribution in [0.15, 0.2) is 0 Å². The van der Waals surface area contributed by atoms with Crippen LogP contribution in [0.2, 0.25) is 0 Å². The molecule has 0 heterocycles. The zero-order chi connectivity index (χ0) is 19.2. The molecule has 0 aliphatic heterocycles. The zero-order valence-electron chi connectivity index (χ0n) is 17.2. The maximum atomic E-state index is 10.0. The van der Waals surface area contributed by atoms with Crippen molar-refractivity contribution in [2.24, 2.45) is 10.8 Å². The van der Waals surface area contributed by atoms with Crippen LogP contribution in [0.25, 0.3) is 0 Å². The molecule has 0 fully saturated rings. The van der Waals surface area contributed by atoms with Crippen molar-refractivity contribution in [1.29, 1.82) is 0 Å². The Kier molecular flexibility index (Phi) is 19.0. The third kappa shape index (κ3) is 35.7. The van der Waals surface area contributed by atoms with E-state index in [0.29, 0.717) is 10.8 Å². The van der Waals surface area contributed by atoms with E-state index in [1.165, 1.54) is 12.8 Å². The average molecular weight is 552 g/mol. The van der Waals surface area contributed by atoms with Gasteiger partial charge in [0.05, 0.1) is 0 Å². The number of rotatable bonds is 10. The van der Waals surface area contributed by atoms with Crippen molar-refractivity contribution < 1.29 is 19.8 Å². The first-order valence-electron chi connectivity index (χ1n) is 9.23. The minimum atomic E-state index is -0.925. The van der Waals surface area contributed by atoms with Crippen LogP contribution in [0.3, 0.4) is 0 Å². The molecule has 0 N–H and O–H groups in total. The maximum absolute atomic E-state index is 10.0. The molecule has 0 amide bonds. The van der Waals surface area contributed by atoms with Gasteiger partial charge in [0.2, 0.25) is 0 Å². The van der Waals surface area contributed by atoms with Crippen molar-refractivity contribution in [2.75, 3.05) is 0 Å². The summed E-state index contributed by atoms with van der Waals surface area (Å²) in [6.07, 6.45) is 8.54. The summed E-state index contributed by atoms with van der Waals surface area (Å²) >= 11 is 0.